The highest BCUT2D eigenvalue weighted by Crippen LogP contribution is 2.36. The minimum Gasteiger partial charge on any atom is -0.367 e. The molecule has 0 heterocycles. The first-order valence-corrected chi connectivity index (χ1v) is 4.64. The Morgan fingerprint density at radius 2 is 2.25 bits per heavy atom. The van der Waals surface area contributed by atoms with Crippen molar-refractivity contribution in [2.45, 2.75) is 32.8 Å². The molecule has 0 aromatic heterocycles. The van der Waals surface area contributed by atoms with Crippen LogP contribution in [0.4, 0.5) is 0 Å². The van der Waals surface area contributed by atoms with Crippen LogP contribution in [0, 0.1) is 5.92 Å². The number of hydrogen-bond donors (Lipinski definition) is 1. The van der Waals surface area contributed by atoms with Gasteiger partial charge in [0.05, 0.1) is 0 Å². The third kappa shape index (κ3) is 2.32. The molecule has 0 radical (unpaired) electrons. The van der Waals surface area contributed by atoms with Gasteiger partial charge in [0.25, 0.3) is 0 Å². The van der Waals surface area contributed by atoms with E-state index in [1.807, 2.05) is 0 Å². The molecule has 1 unspecified atom stereocenters. The highest BCUT2D eigenvalue weighted by molar-refractivity contribution is 5.42. The number of nitrogens with two attached hydrogens (primary N) is 1. The van der Waals surface area contributed by atoms with Crippen molar-refractivity contribution in [2.75, 3.05) is 13.2 Å². The maximum absolute atomic E-state index is 5.68. The lowest BCUT2D eigenvalue weighted by atomic mass is 10.1. The Hall–Kier alpha value is -0.340. The fourth-order valence-corrected chi connectivity index (χ4v) is 1.20. The maximum atomic E-state index is 5.68. The summed E-state index contributed by atoms with van der Waals surface area (Å²) in [6, 6.07) is 0. The van der Waals surface area contributed by atoms with Crippen molar-refractivity contribution >= 4 is 0 Å². The average molecular weight is 169 g/mol. The van der Waals surface area contributed by atoms with Crippen LogP contribution in [0.5, 0.6) is 0 Å². The van der Waals surface area contributed by atoms with Crippen molar-refractivity contribution in [1.29, 1.82) is 0 Å². The normalized spacial score (nSPS) is 27.6. The molecule has 2 N–H and O–H groups in total. The molecule has 0 aromatic carbocycles. The van der Waals surface area contributed by atoms with E-state index in [4.69, 9.17) is 10.5 Å². The second-order valence-corrected chi connectivity index (χ2v) is 4.01. The summed E-state index contributed by atoms with van der Waals surface area (Å²) < 4.78 is 5.68. The van der Waals surface area contributed by atoms with Crippen LogP contribution in [0.25, 0.3) is 0 Å². The minimum atomic E-state index is -0.0797. The standard InChI is InChI=1S/C10H19NO/c1-8(2)4-5-12-10(3)6-9(10)7-11/h6,8H,4-5,7,11H2,1-3H3. The number of ether oxygens (including phenoxy) is 1. The molecule has 2 heteroatoms. The van der Waals surface area contributed by atoms with E-state index in [-0.39, 0.29) is 5.60 Å². The van der Waals surface area contributed by atoms with Gasteiger partial charge < -0.3 is 10.5 Å². The smallest absolute Gasteiger partial charge is 0.106 e. The second-order valence-electron chi connectivity index (χ2n) is 4.01. The quantitative estimate of drug-likeness (QED) is 0.636. The Labute approximate surface area is 74.8 Å². The van der Waals surface area contributed by atoms with E-state index in [0.29, 0.717) is 12.5 Å². The fraction of sp³-hybridized carbons (Fsp3) is 0.800. The first kappa shape index (κ1) is 9.75. The van der Waals surface area contributed by atoms with E-state index in [9.17, 15) is 0 Å². The zero-order chi connectivity index (χ0) is 9.19. The van der Waals surface area contributed by atoms with Crippen LogP contribution in [0.1, 0.15) is 27.2 Å². The minimum absolute atomic E-state index is 0.0797. The van der Waals surface area contributed by atoms with Crippen molar-refractivity contribution in [3.05, 3.63) is 11.6 Å². The van der Waals surface area contributed by atoms with E-state index in [1.54, 1.807) is 0 Å². The number of rotatable bonds is 5. The van der Waals surface area contributed by atoms with E-state index >= 15 is 0 Å². The zero-order valence-corrected chi connectivity index (χ0v) is 8.26. The van der Waals surface area contributed by atoms with Gasteiger partial charge in [0, 0.05) is 13.2 Å². The summed E-state index contributed by atoms with van der Waals surface area (Å²) in [6.07, 6.45) is 3.23. The van der Waals surface area contributed by atoms with Crippen LogP contribution in [0.15, 0.2) is 11.6 Å². The first-order chi connectivity index (χ1) is 5.58. The van der Waals surface area contributed by atoms with Crippen molar-refractivity contribution in [3.8, 4) is 0 Å². The summed E-state index contributed by atoms with van der Waals surface area (Å²) in [7, 11) is 0. The summed E-state index contributed by atoms with van der Waals surface area (Å²) in [6.45, 7) is 7.97. The molecular formula is C10H19NO. The molecule has 12 heavy (non-hydrogen) atoms. The van der Waals surface area contributed by atoms with Gasteiger partial charge >= 0.3 is 0 Å². The van der Waals surface area contributed by atoms with Crippen LogP contribution < -0.4 is 5.73 Å². The molecule has 0 amide bonds. The molecule has 1 aliphatic rings. The molecule has 1 atom stereocenters. The first-order valence-electron chi connectivity index (χ1n) is 4.64. The van der Waals surface area contributed by atoms with Crippen molar-refractivity contribution in [2.24, 2.45) is 11.7 Å². The second kappa shape index (κ2) is 3.58. The van der Waals surface area contributed by atoms with Crippen LogP contribution in [0.2, 0.25) is 0 Å². The van der Waals surface area contributed by atoms with Gasteiger partial charge in [-0.15, -0.1) is 0 Å². The lowest BCUT2D eigenvalue weighted by molar-refractivity contribution is 0.0530. The van der Waals surface area contributed by atoms with E-state index in [0.717, 1.165) is 13.0 Å². The average Bonchev–Trinajstić information content (AvgIpc) is 2.61. The van der Waals surface area contributed by atoms with Gasteiger partial charge in [0.15, 0.2) is 0 Å². The SMILES string of the molecule is CC(C)CCOC1(C)C=C1CN. The van der Waals surface area contributed by atoms with Crippen LogP contribution in [-0.2, 0) is 4.74 Å². The third-order valence-electron chi connectivity index (χ3n) is 2.32. The highest BCUT2D eigenvalue weighted by atomic mass is 16.5. The van der Waals surface area contributed by atoms with E-state index in [2.05, 4.69) is 26.8 Å². The van der Waals surface area contributed by atoms with Crippen LogP contribution >= 0.6 is 0 Å². The molecule has 0 aromatic rings. The Morgan fingerprint density at radius 3 is 2.67 bits per heavy atom. The van der Waals surface area contributed by atoms with Crippen molar-refractivity contribution in [3.63, 3.8) is 0 Å². The fourth-order valence-electron chi connectivity index (χ4n) is 1.20. The molecule has 2 nitrogen and oxygen atoms in total. The lowest BCUT2D eigenvalue weighted by Gasteiger charge is -2.14. The molecule has 0 saturated carbocycles. The Bertz CT molecular complexity index is 186. The molecule has 1 aliphatic carbocycles. The summed E-state index contributed by atoms with van der Waals surface area (Å²) in [5.41, 5.74) is 6.65. The van der Waals surface area contributed by atoms with Gasteiger partial charge in [0.2, 0.25) is 0 Å². The Balaban J connectivity index is 2.10. The van der Waals surface area contributed by atoms with Gasteiger partial charge in [-0.25, -0.2) is 0 Å². The predicted molar refractivity (Wildman–Crippen MR) is 50.9 cm³/mol. The lowest BCUT2D eigenvalue weighted by Crippen LogP contribution is -2.18. The van der Waals surface area contributed by atoms with Gasteiger partial charge in [-0.2, -0.15) is 0 Å². The Morgan fingerprint density at radius 1 is 1.58 bits per heavy atom. The van der Waals surface area contributed by atoms with Gasteiger partial charge in [-0.3, -0.25) is 0 Å². The van der Waals surface area contributed by atoms with Gasteiger partial charge in [-0.1, -0.05) is 13.8 Å². The topological polar surface area (TPSA) is 35.2 Å². The molecule has 0 saturated heterocycles. The van der Waals surface area contributed by atoms with Crippen molar-refractivity contribution in [1.82, 2.24) is 0 Å². The van der Waals surface area contributed by atoms with Gasteiger partial charge in [-0.05, 0) is 30.9 Å². The highest BCUT2D eigenvalue weighted by Gasteiger charge is 2.38. The van der Waals surface area contributed by atoms with Crippen molar-refractivity contribution < 1.29 is 4.74 Å². The molecule has 1 rings (SSSR count). The van der Waals surface area contributed by atoms with E-state index < -0.39 is 0 Å². The summed E-state index contributed by atoms with van der Waals surface area (Å²) in [4.78, 5) is 0. The Kier molecular flexibility index (Phi) is 2.91. The number of hydrogen-bond acceptors (Lipinski definition) is 2. The van der Waals surface area contributed by atoms with E-state index in [1.165, 1.54) is 5.57 Å². The summed E-state index contributed by atoms with van der Waals surface area (Å²) in [5.74, 6) is 0.716. The summed E-state index contributed by atoms with van der Waals surface area (Å²) >= 11 is 0. The maximum Gasteiger partial charge on any atom is 0.106 e. The predicted octanol–water partition coefficient (Wildman–Crippen LogP) is 1.71. The molecule has 0 spiro atoms. The molecule has 70 valence electrons. The molecule has 0 aliphatic heterocycles. The monoisotopic (exact) mass is 169 g/mol. The van der Waals surface area contributed by atoms with Crippen LogP contribution in [0.3, 0.4) is 0 Å². The molecule has 0 bridgehead atoms. The largest absolute Gasteiger partial charge is 0.367 e. The summed E-state index contributed by atoms with van der Waals surface area (Å²) in [5, 5.41) is 0. The van der Waals surface area contributed by atoms with Crippen LogP contribution in [-0.4, -0.2) is 18.8 Å². The third-order valence-corrected chi connectivity index (χ3v) is 2.32. The molecule has 0 fully saturated rings. The van der Waals surface area contributed by atoms with Gasteiger partial charge in [0.1, 0.15) is 5.60 Å². The molecular weight excluding hydrogens is 150 g/mol. The zero-order valence-electron chi connectivity index (χ0n) is 8.26.